The van der Waals surface area contributed by atoms with Crippen molar-refractivity contribution < 1.29 is 4.79 Å². The van der Waals surface area contributed by atoms with E-state index in [1.54, 1.807) is 0 Å². The van der Waals surface area contributed by atoms with Gasteiger partial charge in [0.25, 0.3) is 0 Å². The predicted molar refractivity (Wildman–Crippen MR) is 92.4 cm³/mol. The molecule has 0 aliphatic heterocycles. The summed E-state index contributed by atoms with van der Waals surface area (Å²) in [5, 5.41) is 0. The molecule has 0 heterocycles. The number of carbonyl (C=O) groups is 1. The number of likely N-dealkylation sites (N-methyl/N-ethyl adjacent to an activating group) is 1. The second kappa shape index (κ2) is 15.8. The van der Waals surface area contributed by atoms with Gasteiger partial charge in [-0.1, -0.05) is 84.0 Å². The van der Waals surface area contributed by atoms with Crippen LogP contribution in [-0.4, -0.2) is 30.9 Å². The smallest absolute Gasteiger partial charge is 0.231 e. The summed E-state index contributed by atoms with van der Waals surface area (Å²) in [5.41, 5.74) is 5.16. The molecule has 0 saturated heterocycles. The van der Waals surface area contributed by atoms with E-state index in [1.807, 2.05) is 11.9 Å². The molecule has 3 nitrogen and oxygen atoms in total. The molecule has 0 aromatic heterocycles. The van der Waals surface area contributed by atoms with E-state index >= 15 is 0 Å². The van der Waals surface area contributed by atoms with Crippen LogP contribution in [0, 0.1) is 0 Å². The average Bonchev–Trinajstić information content (AvgIpc) is 2.43. The van der Waals surface area contributed by atoms with Crippen molar-refractivity contribution in [1.82, 2.24) is 4.90 Å². The van der Waals surface area contributed by atoms with Crippen molar-refractivity contribution in [2.24, 2.45) is 5.73 Å². The highest BCUT2D eigenvalue weighted by Crippen LogP contribution is 2.12. The Kier molecular flexibility index (Phi) is 15.4. The van der Waals surface area contributed by atoms with E-state index < -0.39 is 0 Å². The van der Waals surface area contributed by atoms with E-state index in [1.165, 1.54) is 83.5 Å². The topological polar surface area (TPSA) is 46.3 Å². The third kappa shape index (κ3) is 17.4. The summed E-state index contributed by atoms with van der Waals surface area (Å²) in [4.78, 5) is 12.7. The summed E-state index contributed by atoms with van der Waals surface area (Å²) >= 11 is 0. The van der Waals surface area contributed by atoms with Gasteiger partial charge in [0.05, 0.1) is 6.54 Å². The predicted octanol–water partition coefficient (Wildman–Crippen LogP) is 4.49. The SMILES string of the molecule is CCCCCCCCCCCCCCCN(C)CC(N)=O. The molecule has 0 bridgehead atoms. The van der Waals surface area contributed by atoms with Crippen LogP contribution in [0.2, 0.25) is 0 Å². The molecular weight excluding hydrogens is 260 g/mol. The Hall–Kier alpha value is -0.570. The molecule has 0 fully saturated rings. The summed E-state index contributed by atoms with van der Waals surface area (Å²) in [6.07, 6.45) is 17.9. The summed E-state index contributed by atoms with van der Waals surface area (Å²) in [7, 11) is 1.96. The van der Waals surface area contributed by atoms with Crippen LogP contribution in [0.4, 0.5) is 0 Å². The summed E-state index contributed by atoms with van der Waals surface area (Å²) < 4.78 is 0. The average molecular weight is 299 g/mol. The molecule has 0 unspecified atom stereocenters. The molecule has 0 aromatic rings. The zero-order valence-electron chi connectivity index (χ0n) is 14.5. The first kappa shape index (κ1) is 20.4. The van der Waals surface area contributed by atoms with Crippen molar-refractivity contribution in [3.8, 4) is 0 Å². The molecule has 3 heteroatoms. The Morgan fingerprint density at radius 3 is 1.52 bits per heavy atom. The fourth-order valence-electron chi connectivity index (χ4n) is 2.74. The zero-order chi connectivity index (χ0) is 15.8. The van der Waals surface area contributed by atoms with Crippen LogP contribution in [0.5, 0.6) is 0 Å². The number of carbonyl (C=O) groups excluding carboxylic acids is 1. The van der Waals surface area contributed by atoms with Gasteiger partial charge >= 0.3 is 0 Å². The van der Waals surface area contributed by atoms with Gasteiger partial charge < -0.3 is 5.73 Å². The minimum Gasteiger partial charge on any atom is -0.369 e. The number of nitrogens with zero attached hydrogens (tertiary/aromatic N) is 1. The highest BCUT2D eigenvalue weighted by Gasteiger charge is 2.01. The van der Waals surface area contributed by atoms with Crippen LogP contribution in [0.1, 0.15) is 90.4 Å². The standard InChI is InChI=1S/C18H38N2O/c1-3-4-5-6-7-8-9-10-11-12-13-14-15-16-20(2)17-18(19)21/h3-17H2,1-2H3,(H2,19,21). The van der Waals surface area contributed by atoms with Gasteiger partial charge in [0.1, 0.15) is 0 Å². The lowest BCUT2D eigenvalue weighted by atomic mass is 10.0. The van der Waals surface area contributed by atoms with Gasteiger partial charge in [-0.05, 0) is 20.0 Å². The fraction of sp³-hybridized carbons (Fsp3) is 0.944. The molecule has 1 amide bonds. The fourth-order valence-corrected chi connectivity index (χ4v) is 2.74. The Balaban J connectivity index is 3.07. The summed E-state index contributed by atoms with van der Waals surface area (Å²) in [6, 6.07) is 0. The second-order valence-corrected chi connectivity index (χ2v) is 6.45. The Morgan fingerprint density at radius 2 is 1.14 bits per heavy atom. The maximum absolute atomic E-state index is 10.7. The first-order valence-electron chi connectivity index (χ1n) is 9.13. The molecule has 0 atom stereocenters. The number of amides is 1. The molecule has 0 rings (SSSR count). The van der Waals surface area contributed by atoms with Crippen LogP contribution >= 0.6 is 0 Å². The molecule has 0 aliphatic rings. The van der Waals surface area contributed by atoms with Crippen molar-refractivity contribution in [2.45, 2.75) is 90.4 Å². The maximum atomic E-state index is 10.7. The van der Waals surface area contributed by atoms with E-state index in [-0.39, 0.29) is 5.91 Å². The molecule has 0 spiro atoms. The summed E-state index contributed by atoms with van der Waals surface area (Å²) in [6.45, 7) is 3.65. The van der Waals surface area contributed by atoms with Crippen LogP contribution in [0.15, 0.2) is 0 Å². The van der Waals surface area contributed by atoms with Gasteiger partial charge in [-0.3, -0.25) is 9.69 Å². The van der Waals surface area contributed by atoms with E-state index in [9.17, 15) is 4.79 Å². The molecular formula is C18H38N2O. The van der Waals surface area contributed by atoms with Crippen molar-refractivity contribution in [1.29, 1.82) is 0 Å². The first-order valence-corrected chi connectivity index (χ1v) is 9.13. The largest absolute Gasteiger partial charge is 0.369 e. The lowest BCUT2D eigenvalue weighted by Crippen LogP contribution is -2.31. The van der Waals surface area contributed by atoms with Crippen molar-refractivity contribution in [2.75, 3.05) is 20.1 Å². The minimum atomic E-state index is -0.229. The number of rotatable bonds is 16. The maximum Gasteiger partial charge on any atom is 0.231 e. The monoisotopic (exact) mass is 298 g/mol. The van der Waals surface area contributed by atoms with Gasteiger partial charge in [0, 0.05) is 0 Å². The van der Waals surface area contributed by atoms with E-state index in [0.29, 0.717) is 6.54 Å². The van der Waals surface area contributed by atoms with Crippen LogP contribution in [0.25, 0.3) is 0 Å². The first-order chi connectivity index (χ1) is 10.2. The quantitative estimate of drug-likeness (QED) is 0.427. The van der Waals surface area contributed by atoms with Crippen LogP contribution < -0.4 is 5.73 Å². The highest BCUT2D eigenvalue weighted by molar-refractivity contribution is 5.75. The van der Waals surface area contributed by atoms with E-state index in [2.05, 4.69) is 6.92 Å². The molecule has 0 aromatic carbocycles. The third-order valence-corrected chi connectivity index (χ3v) is 4.07. The molecule has 126 valence electrons. The minimum absolute atomic E-state index is 0.229. The lowest BCUT2D eigenvalue weighted by Gasteiger charge is -2.13. The molecule has 2 N–H and O–H groups in total. The van der Waals surface area contributed by atoms with Gasteiger partial charge in [-0.15, -0.1) is 0 Å². The van der Waals surface area contributed by atoms with Gasteiger partial charge in [-0.25, -0.2) is 0 Å². The number of hydrogen-bond acceptors (Lipinski definition) is 2. The third-order valence-electron chi connectivity index (χ3n) is 4.07. The number of hydrogen-bond donors (Lipinski definition) is 1. The van der Waals surface area contributed by atoms with Gasteiger partial charge in [0.2, 0.25) is 5.91 Å². The van der Waals surface area contributed by atoms with Crippen LogP contribution in [-0.2, 0) is 4.79 Å². The Labute approximate surface area is 132 Å². The Bertz CT molecular complexity index is 231. The number of unbranched alkanes of at least 4 members (excludes halogenated alkanes) is 12. The zero-order valence-corrected chi connectivity index (χ0v) is 14.5. The lowest BCUT2D eigenvalue weighted by molar-refractivity contribution is -0.118. The van der Waals surface area contributed by atoms with Crippen molar-refractivity contribution in [3.05, 3.63) is 0 Å². The van der Waals surface area contributed by atoms with E-state index in [4.69, 9.17) is 5.73 Å². The number of primary amides is 1. The summed E-state index contributed by atoms with van der Waals surface area (Å²) in [5.74, 6) is -0.229. The molecule has 0 saturated carbocycles. The molecule has 0 aliphatic carbocycles. The normalized spacial score (nSPS) is 11.2. The van der Waals surface area contributed by atoms with Crippen molar-refractivity contribution in [3.63, 3.8) is 0 Å². The highest BCUT2D eigenvalue weighted by atomic mass is 16.1. The van der Waals surface area contributed by atoms with Crippen LogP contribution in [0.3, 0.4) is 0 Å². The van der Waals surface area contributed by atoms with Gasteiger partial charge in [0.15, 0.2) is 0 Å². The number of nitrogens with two attached hydrogens (primary N) is 1. The van der Waals surface area contributed by atoms with Gasteiger partial charge in [-0.2, -0.15) is 0 Å². The second-order valence-electron chi connectivity index (χ2n) is 6.45. The van der Waals surface area contributed by atoms with E-state index in [0.717, 1.165) is 6.54 Å². The Morgan fingerprint density at radius 1 is 0.762 bits per heavy atom. The molecule has 0 radical (unpaired) electrons. The molecule has 21 heavy (non-hydrogen) atoms. The van der Waals surface area contributed by atoms with Crippen molar-refractivity contribution >= 4 is 5.91 Å².